The molecule has 0 fully saturated rings. The van der Waals surface area contributed by atoms with Crippen molar-refractivity contribution in [2.75, 3.05) is 11.9 Å². The molecule has 0 atom stereocenters. The van der Waals surface area contributed by atoms with Gasteiger partial charge in [-0.1, -0.05) is 17.7 Å². The van der Waals surface area contributed by atoms with Crippen molar-refractivity contribution in [1.29, 1.82) is 0 Å². The summed E-state index contributed by atoms with van der Waals surface area (Å²) >= 11 is 5.79. The Balaban J connectivity index is 1.39. The van der Waals surface area contributed by atoms with E-state index < -0.39 is 5.82 Å². The van der Waals surface area contributed by atoms with Gasteiger partial charge in [0.25, 0.3) is 0 Å². The van der Waals surface area contributed by atoms with Crippen molar-refractivity contribution in [3.05, 3.63) is 88.1 Å². The summed E-state index contributed by atoms with van der Waals surface area (Å²) in [5, 5.41) is 6.02. The highest BCUT2D eigenvalue weighted by atomic mass is 35.5. The predicted molar refractivity (Wildman–Crippen MR) is 112 cm³/mol. The summed E-state index contributed by atoms with van der Waals surface area (Å²) in [5.74, 6) is -0.162. The third-order valence-corrected chi connectivity index (χ3v) is 5.22. The number of nitrogens with one attached hydrogen (secondary N) is 2. The van der Waals surface area contributed by atoms with Gasteiger partial charge in [0.15, 0.2) is 0 Å². The van der Waals surface area contributed by atoms with Crippen LogP contribution in [-0.2, 0) is 19.5 Å². The van der Waals surface area contributed by atoms with Gasteiger partial charge in [-0.15, -0.1) is 0 Å². The minimum Gasteiger partial charge on any atom is -0.340 e. The molecule has 8 heteroatoms. The fourth-order valence-electron chi connectivity index (χ4n) is 3.30. The quantitative estimate of drug-likeness (QED) is 0.613. The zero-order valence-electron chi connectivity index (χ0n) is 16.0. The van der Waals surface area contributed by atoms with Gasteiger partial charge in [0.05, 0.1) is 5.02 Å². The van der Waals surface area contributed by atoms with E-state index in [0.29, 0.717) is 25.3 Å². The monoisotopic (exact) mass is 428 g/mol. The van der Waals surface area contributed by atoms with Gasteiger partial charge < -0.3 is 15.5 Å². The number of carbonyl (C=O) groups is 1. The molecule has 0 saturated heterocycles. The average molecular weight is 429 g/mol. The first-order chi connectivity index (χ1) is 14.5. The molecule has 0 radical (unpaired) electrons. The molecule has 0 spiro atoms. The highest BCUT2D eigenvalue weighted by molar-refractivity contribution is 6.30. The van der Waals surface area contributed by atoms with Crippen molar-refractivity contribution in [3.8, 4) is 0 Å². The molecule has 1 aliphatic rings. The Labute approximate surface area is 177 Å². The predicted octanol–water partition coefficient (Wildman–Crippen LogP) is 5.02. The summed E-state index contributed by atoms with van der Waals surface area (Å²) in [6.07, 6.45) is 2.51. The lowest BCUT2D eigenvalue weighted by Crippen LogP contribution is -2.42. The zero-order chi connectivity index (χ0) is 21.1. The second kappa shape index (κ2) is 8.67. The molecular weight excluding hydrogens is 410 g/mol. The summed E-state index contributed by atoms with van der Waals surface area (Å²) in [4.78, 5) is 18.7. The minimum atomic E-state index is -0.488. The van der Waals surface area contributed by atoms with Crippen LogP contribution >= 0.6 is 11.6 Å². The van der Waals surface area contributed by atoms with E-state index in [4.69, 9.17) is 11.6 Å². The molecule has 4 rings (SSSR count). The number of anilines is 2. The fourth-order valence-corrected chi connectivity index (χ4v) is 3.50. The number of amides is 2. The Morgan fingerprint density at radius 3 is 2.67 bits per heavy atom. The zero-order valence-corrected chi connectivity index (χ0v) is 16.7. The number of fused-ring (bicyclic) bond motifs is 1. The molecule has 5 nitrogen and oxygen atoms in total. The average Bonchev–Trinajstić information content (AvgIpc) is 2.75. The van der Waals surface area contributed by atoms with Crippen LogP contribution < -0.4 is 10.6 Å². The Kier molecular flexibility index (Phi) is 5.81. The van der Waals surface area contributed by atoms with Crippen molar-refractivity contribution in [2.45, 2.75) is 19.5 Å². The number of carbonyl (C=O) groups excluding carboxylic acids is 1. The molecule has 2 N–H and O–H groups in total. The highest BCUT2D eigenvalue weighted by Crippen LogP contribution is 2.23. The fraction of sp³-hybridized carbons (Fsp3) is 0.182. The normalized spacial score (nSPS) is 13.0. The van der Waals surface area contributed by atoms with Gasteiger partial charge in [0.1, 0.15) is 17.5 Å². The van der Waals surface area contributed by atoms with E-state index in [9.17, 15) is 13.6 Å². The van der Waals surface area contributed by atoms with Gasteiger partial charge in [-0.3, -0.25) is 0 Å². The number of pyridine rings is 1. The molecule has 0 aliphatic carbocycles. The van der Waals surface area contributed by atoms with Crippen molar-refractivity contribution < 1.29 is 13.6 Å². The lowest BCUT2D eigenvalue weighted by Gasteiger charge is -2.29. The molecule has 3 aromatic rings. The van der Waals surface area contributed by atoms with E-state index >= 15 is 0 Å². The number of nitrogens with zero attached hydrogens (tertiary/aromatic N) is 2. The Bertz CT molecular complexity index is 1080. The summed E-state index contributed by atoms with van der Waals surface area (Å²) in [7, 11) is 0. The molecule has 1 aromatic heterocycles. The largest absolute Gasteiger partial charge is 0.340 e. The number of hydrogen-bond acceptors (Lipinski definition) is 3. The van der Waals surface area contributed by atoms with Gasteiger partial charge in [-0.2, -0.15) is 0 Å². The lowest BCUT2D eigenvalue weighted by molar-refractivity contribution is 0.192. The van der Waals surface area contributed by atoms with Gasteiger partial charge in [0.2, 0.25) is 0 Å². The Hall–Kier alpha value is -3.19. The standard InChI is InChI=1S/C22H19ClF2N4O/c23-19-9-14(1-6-20(19)25)11-27-22(30)29-8-7-15-12-26-21(10-16(15)13-29)28-18-4-2-17(24)3-5-18/h1-6,9-10,12H,7-8,11,13H2,(H,26,28)(H,27,30). The second-order valence-electron chi connectivity index (χ2n) is 7.05. The van der Waals surface area contributed by atoms with Crippen LogP contribution in [0.25, 0.3) is 0 Å². The van der Waals surface area contributed by atoms with E-state index in [-0.39, 0.29) is 23.4 Å². The van der Waals surface area contributed by atoms with Crippen molar-refractivity contribution in [1.82, 2.24) is 15.2 Å². The SMILES string of the molecule is O=C(NCc1ccc(F)c(Cl)c1)N1CCc2cnc(Nc3ccc(F)cc3)cc2C1. The third-order valence-electron chi connectivity index (χ3n) is 4.93. The number of urea groups is 1. The summed E-state index contributed by atoms with van der Waals surface area (Å²) < 4.78 is 26.3. The van der Waals surface area contributed by atoms with Crippen LogP contribution in [0.4, 0.5) is 25.1 Å². The summed E-state index contributed by atoms with van der Waals surface area (Å²) in [5.41, 5.74) is 3.55. The van der Waals surface area contributed by atoms with Gasteiger partial charge >= 0.3 is 6.03 Å². The molecule has 2 amide bonds. The maximum Gasteiger partial charge on any atom is 0.317 e. The molecule has 0 bridgehead atoms. The maximum absolute atomic E-state index is 13.3. The van der Waals surface area contributed by atoms with Crippen LogP contribution in [0.1, 0.15) is 16.7 Å². The minimum absolute atomic E-state index is 0.0299. The summed E-state index contributed by atoms with van der Waals surface area (Å²) in [6, 6.07) is 12.1. The molecule has 0 unspecified atom stereocenters. The first-order valence-electron chi connectivity index (χ1n) is 9.45. The second-order valence-corrected chi connectivity index (χ2v) is 7.46. The smallest absolute Gasteiger partial charge is 0.317 e. The Morgan fingerprint density at radius 2 is 1.90 bits per heavy atom. The van der Waals surface area contributed by atoms with Gasteiger partial charge in [-0.25, -0.2) is 18.6 Å². The van der Waals surface area contributed by atoms with E-state index in [1.807, 2.05) is 6.07 Å². The van der Waals surface area contributed by atoms with Crippen LogP contribution in [-0.4, -0.2) is 22.5 Å². The van der Waals surface area contributed by atoms with E-state index in [2.05, 4.69) is 15.6 Å². The maximum atomic E-state index is 13.3. The van der Waals surface area contributed by atoms with Crippen LogP contribution in [0.15, 0.2) is 54.7 Å². The molecule has 30 heavy (non-hydrogen) atoms. The first-order valence-corrected chi connectivity index (χ1v) is 9.83. The first kappa shape index (κ1) is 20.1. The molecule has 154 valence electrons. The molecule has 2 heterocycles. The topological polar surface area (TPSA) is 57.3 Å². The summed E-state index contributed by atoms with van der Waals surface area (Å²) in [6.45, 7) is 1.29. The van der Waals surface area contributed by atoms with Gasteiger partial charge in [-0.05, 0) is 65.6 Å². The lowest BCUT2D eigenvalue weighted by atomic mass is 10.0. The highest BCUT2D eigenvalue weighted by Gasteiger charge is 2.21. The van der Waals surface area contributed by atoms with E-state index in [1.165, 1.54) is 24.3 Å². The van der Waals surface area contributed by atoms with Crippen LogP contribution in [0.3, 0.4) is 0 Å². The molecule has 2 aromatic carbocycles. The van der Waals surface area contributed by atoms with Crippen LogP contribution in [0.5, 0.6) is 0 Å². The molecular formula is C22H19ClF2N4O. The third kappa shape index (κ3) is 4.68. The van der Waals surface area contributed by atoms with E-state index in [1.54, 1.807) is 29.3 Å². The van der Waals surface area contributed by atoms with Gasteiger partial charge in [0, 0.05) is 31.5 Å². The number of benzene rings is 2. The van der Waals surface area contributed by atoms with Crippen molar-refractivity contribution >= 4 is 29.1 Å². The number of hydrogen-bond donors (Lipinski definition) is 2. The number of rotatable bonds is 4. The van der Waals surface area contributed by atoms with Crippen molar-refractivity contribution in [2.24, 2.45) is 0 Å². The molecule has 0 saturated carbocycles. The Morgan fingerprint density at radius 1 is 1.10 bits per heavy atom. The number of halogens is 3. The van der Waals surface area contributed by atoms with E-state index in [0.717, 1.165) is 22.4 Å². The van der Waals surface area contributed by atoms with Crippen LogP contribution in [0, 0.1) is 11.6 Å². The number of aromatic nitrogens is 1. The molecule has 1 aliphatic heterocycles. The van der Waals surface area contributed by atoms with Crippen LogP contribution in [0.2, 0.25) is 5.02 Å². The van der Waals surface area contributed by atoms with Crippen molar-refractivity contribution in [3.63, 3.8) is 0 Å².